The summed E-state index contributed by atoms with van der Waals surface area (Å²) in [5.41, 5.74) is 3.06. The van der Waals surface area contributed by atoms with Crippen LogP contribution in [0.25, 0.3) is 10.8 Å². The van der Waals surface area contributed by atoms with Crippen molar-refractivity contribution in [1.29, 1.82) is 0 Å². The molecule has 0 saturated carbocycles. The molecule has 0 atom stereocenters. The molecule has 0 aliphatic carbocycles. The van der Waals surface area contributed by atoms with Crippen LogP contribution in [0.1, 0.15) is 62.1 Å². The Labute approximate surface area is 219 Å². The Morgan fingerprint density at radius 2 is 1.61 bits per heavy atom. The van der Waals surface area contributed by atoms with Gasteiger partial charge in [0.25, 0.3) is 0 Å². The highest BCUT2D eigenvalue weighted by atomic mass is 35.5. The fourth-order valence-electron chi connectivity index (χ4n) is 4.69. The standard InChI is InChI=1S/C31H38ClFO3/c1-2-3-4-5-6-19-34-28-21-35-30(36-22-28)18-11-24-10-17-29-26(20-24)14-13-25(31(29)33)12-7-23-8-15-27(32)16-9-23/h8-10,13-17,20,28,30H,2-7,11-12,18-19,21-22H2,1H3. The lowest BCUT2D eigenvalue weighted by Crippen LogP contribution is -2.37. The van der Waals surface area contributed by atoms with Crippen molar-refractivity contribution < 1.29 is 18.6 Å². The molecule has 3 nitrogen and oxygen atoms in total. The maximum atomic E-state index is 15.2. The minimum atomic E-state index is -0.211. The van der Waals surface area contributed by atoms with Gasteiger partial charge in [-0.25, -0.2) is 4.39 Å². The van der Waals surface area contributed by atoms with E-state index in [0.29, 0.717) is 25.0 Å². The van der Waals surface area contributed by atoms with Crippen LogP contribution in [-0.4, -0.2) is 32.2 Å². The van der Waals surface area contributed by atoms with E-state index in [0.717, 1.165) is 59.4 Å². The first kappa shape index (κ1) is 27.1. The second-order valence-electron chi connectivity index (χ2n) is 9.76. The highest BCUT2D eigenvalue weighted by Crippen LogP contribution is 2.25. The van der Waals surface area contributed by atoms with Crippen LogP contribution in [0, 0.1) is 5.82 Å². The Bertz CT molecular complexity index is 1080. The van der Waals surface area contributed by atoms with E-state index in [1.54, 1.807) is 0 Å². The van der Waals surface area contributed by atoms with Crippen molar-refractivity contribution in [2.45, 2.75) is 77.1 Å². The molecule has 3 aromatic carbocycles. The molecule has 1 fully saturated rings. The van der Waals surface area contributed by atoms with Gasteiger partial charge in [-0.05, 0) is 59.9 Å². The summed E-state index contributed by atoms with van der Waals surface area (Å²) in [5.74, 6) is -0.122. The zero-order valence-electron chi connectivity index (χ0n) is 21.3. The number of hydrogen-bond acceptors (Lipinski definition) is 3. The molecule has 0 radical (unpaired) electrons. The lowest BCUT2D eigenvalue weighted by atomic mass is 9.98. The quantitative estimate of drug-likeness (QED) is 0.217. The molecule has 0 amide bonds. The molecule has 1 aliphatic rings. The van der Waals surface area contributed by atoms with Gasteiger partial charge in [0.2, 0.25) is 0 Å². The van der Waals surface area contributed by atoms with E-state index < -0.39 is 0 Å². The largest absolute Gasteiger partial charge is 0.373 e. The van der Waals surface area contributed by atoms with Crippen molar-refractivity contribution in [3.63, 3.8) is 0 Å². The molecule has 1 heterocycles. The number of ether oxygens (including phenoxy) is 3. The van der Waals surface area contributed by atoms with Crippen LogP contribution in [0.2, 0.25) is 5.02 Å². The average Bonchev–Trinajstić information content (AvgIpc) is 2.90. The fourth-order valence-corrected chi connectivity index (χ4v) is 4.82. The molecule has 0 spiro atoms. The summed E-state index contributed by atoms with van der Waals surface area (Å²) in [6.07, 6.45) is 9.03. The second kappa shape index (κ2) is 14.1. The topological polar surface area (TPSA) is 27.7 Å². The van der Waals surface area contributed by atoms with Gasteiger partial charge in [-0.1, -0.05) is 86.7 Å². The molecule has 4 rings (SSSR count). The molecule has 0 N–H and O–H groups in total. The van der Waals surface area contributed by atoms with Crippen LogP contribution >= 0.6 is 11.6 Å². The molecule has 36 heavy (non-hydrogen) atoms. The van der Waals surface area contributed by atoms with Crippen LogP contribution in [0.15, 0.2) is 54.6 Å². The number of hydrogen-bond donors (Lipinski definition) is 0. The zero-order chi connectivity index (χ0) is 25.2. The summed E-state index contributed by atoms with van der Waals surface area (Å²) in [6, 6.07) is 17.7. The number of halogens is 2. The van der Waals surface area contributed by atoms with Gasteiger partial charge in [0.1, 0.15) is 11.9 Å². The molecule has 1 saturated heterocycles. The van der Waals surface area contributed by atoms with Crippen molar-refractivity contribution >= 4 is 22.4 Å². The van der Waals surface area contributed by atoms with E-state index in [2.05, 4.69) is 13.0 Å². The first-order valence-electron chi connectivity index (χ1n) is 13.4. The van der Waals surface area contributed by atoms with E-state index in [4.69, 9.17) is 25.8 Å². The minimum Gasteiger partial charge on any atom is -0.373 e. The molecule has 0 bridgehead atoms. The van der Waals surface area contributed by atoms with E-state index in [9.17, 15) is 0 Å². The number of aryl methyl sites for hydroxylation is 3. The molecule has 0 unspecified atom stereocenters. The highest BCUT2D eigenvalue weighted by Gasteiger charge is 2.22. The molecule has 194 valence electrons. The number of rotatable bonds is 13. The van der Waals surface area contributed by atoms with Gasteiger partial charge >= 0.3 is 0 Å². The van der Waals surface area contributed by atoms with Crippen molar-refractivity contribution in [3.8, 4) is 0 Å². The SMILES string of the molecule is CCCCCCCOC1COC(CCc2ccc3c(F)c(CCc4ccc(Cl)cc4)ccc3c2)OC1. The van der Waals surface area contributed by atoms with Crippen LogP contribution in [0.5, 0.6) is 0 Å². The predicted molar refractivity (Wildman–Crippen MR) is 145 cm³/mol. The minimum absolute atomic E-state index is 0.0324. The Hall–Kier alpha value is -1.98. The summed E-state index contributed by atoms with van der Waals surface area (Å²) in [6.45, 7) is 4.18. The third-order valence-corrected chi connectivity index (χ3v) is 7.15. The van der Waals surface area contributed by atoms with Gasteiger partial charge in [0, 0.05) is 23.4 Å². The molecule has 1 aliphatic heterocycles. The summed E-state index contributed by atoms with van der Waals surface area (Å²) < 4.78 is 32.8. The third-order valence-electron chi connectivity index (χ3n) is 6.90. The van der Waals surface area contributed by atoms with Crippen molar-refractivity contribution in [2.24, 2.45) is 0 Å². The van der Waals surface area contributed by atoms with E-state index in [1.165, 1.54) is 25.7 Å². The average molecular weight is 513 g/mol. The maximum absolute atomic E-state index is 15.2. The van der Waals surface area contributed by atoms with Gasteiger partial charge in [-0.2, -0.15) is 0 Å². The first-order valence-corrected chi connectivity index (χ1v) is 13.8. The first-order chi connectivity index (χ1) is 17.6. The smallest absolute Gasteiger partial charge is 0.158 e. The van der Waals surface area contributed by atoms with Gasteiger partial charge in [0.05, 0.1) is 13.2 Å². The Balaban J connectivity index is 1.22. The molecule has 3 aromatic rings. The molecule has 5 heteroatoms. The summed E-state index contributed by atoms with van der Waals surface area (Å²) >= 11 is 5.96. The van der Waals surface area contributed by atoms with Gasteiger partial charge < -0.3 is 14.2 Å². The normalized spacial score (nSPS) is 18.1. The fraction of sp³-hybridized carbons (Fsp3) is 0.484. The van der Waals surface area contributed by atoms with Gasteiger partial charge in [0.15, 0.2) is 6.29 Å². The predicted octanol–water partition coefficient (Wildman–Crippen LogP) is 8.08. The van der Waals surface area contributed by atoms with Crippen molar-refractivity contribution in [2.75, 3.05) is 19.8 Å². The lowest BCUT2D eigenvalue weighted by Gasteiger charge is -2.29. The summed E-state index contributed by atoms with van der Waals surface area (Å²) in [5, 5.41) is 2.32. The molecule has 0 aromatic heterocycles. The van der Waals surface area contributed by atoms with Crippen LogP contribution < -0.4 is 0 Å². The Morgan fingerprint density at radius 1 is 0.861 bits per heavy atom. The third kappa shape index (κ3) is 8.01. The Kier molecular flexibility index (Phi) is 10.6. The molecular weight excluding hydrogens is 475 g/mol. The van der Waals surface area contributed by atoms with Crippen molar-refractivity contribution in [3.05, 3.63) is 82.1 Å². The number of unbranched alkanes of at least 4 members (excludes halogenated alkanes) is 4. The van der Waals surface area contributed by atoms with Crippen LogP contribution in [0.3, 0.4) is 0 Å². The van der Waals surface area contributed by atoms with E-state index >= 15 is 4.39 Å². The van der Waals surface area contributed by atoms with Crippen molar-refractivity contribution in [1.82, 2.24) is 0 Å². The van der Waals surface area contributed by atoms with Crippen LogP contribution in [0.4, 0.5) is 4.39 Å². The second-order valence-corrected chi connectivity index (χ2v) is 10.2. The highest BCUT2D eigenvalue weighted by molar-refractivity contribution is 6.30. The summed E-state index contributed by atoms with van der Waals surface area (Å²) in [4.78, 5) is 0. The zero-order valence-corrected chi connectivity index (χ0v) is 22.1. The maximum Gasteiger partial charge on any atom is 0.158 e. The monoisotopic (exact) mass is 512 g/mol. The van der Waals surface area contributed by atoms with Gasteiger partial charge in [-0.3, -0.25) is 0 Å². The lowest BCUT2D eigenvalue weighted by molar-refractivity contribution is -0.227. The molecular formula is C31H38ClFO3. The van der Waals surface area contributed by atoms with E-state index in [1.807, 2.05) is 48.5 Å². The van der Waals surface area contributed by atoms with Crippen LogP contribution in [-0.2, 0) is 33.5 Å². The Morgan fingerprint density at radius 3 is 2.39 bits per heavy atom. The summed E-state index contributed by atoms with van der Waals surface area (Å²) in [7, 11) is 0. The number of fused-ring (bicyclic) bond motifs is 1. The van der Waals surface area contributed by atoms with E-state index in [-0.39, 0.29) is 18.2 Å². The number of benzene rings is 3. The van der Waals surface area contributed by atoms with Gasteiger partial charge in [-0.15, -0.1) is 0 Å².